The maximum atomic E-state index is 13.0. The monoisotopic (exact) mass is 432 g/mol. The minimum Gasteiger partial charge on any atom is -0.484 e. The molecular formula is C21H21FN2O5S. The van der Waals surface area contributed by atoms with E-state index in [4.69, 9.17) is 14.2 Å². The smallest absolute Gasteiger partial charge is 0.337 e. The van der Waals surface area contributed by atoms with E-state index in [1.807, 2.05) is 11.5 Å². The third kappa shape index (κ3) is 5.31. The van der Waals surface area contributed by atoms with E-state index < -0.39 is 11.9 Å². The number of ether oxygens (including phenoxy) is 3. The number of amides is 1. The normalized spacial score (nSPS) is 11.6. The van der Waals surface area contributed by atoms with Crippen molar-refractivity contribution in [2.24, 2.45) is 4.99 Å². The van der Waals surface area contributed by atoms with E-state index in [1.165, 1.54) is 42.7 Å². The molecule has 30 heavy (non-hydrogen) atoms. The molecule has 0 aliphatic heterocycles. The molecule has 0 aliphatic rings. The Balaban J connectivity index is 1.88. The molecule has 0 fully saturated rings. The third-order valence-electron chi connectivity index (χ3n) is 4.16. The van der Waals surface area contributed by atoms with Crippen LogP contribution in [0.4, 0.5) is 4.39 Å². The fraction of sp³-hybridized carbons (Fsp3) is 0.286. The van der Waals surface area contributed by atoms with Crippen molar-refractivity contribution in [2.45, 2.75) is 13.5 Å². The summed E-state index contributed by atoms with van der Waals surface area (Å²) in [6, 6.07) is 10.6. The van der Waals surface area contributed by atoms with Gasteiger partial charge in [-0.15, -0.1) is 0 Å². The fourth-order valence-corrected chi connectivity index (χ4v) is 3.85. The second kappa shape index (κ2) is 10.1. The van der Waals surface area contributed by atoms with Crippen LogP contribution in [0.25, 0.3) is 10.2 Å². The summed E-state index contributed by atoms with van der Waals surface area (Å²) in [6.07, 6.45) is 0. The van der Waals surface area contributed by atoms with Crippen molar-refractivity contribution in [3.8, 4) is 5.75 Å². The number of rotatable bonds is 8. The van der Waals surface area contributed by atoms with Gasteiger partial charge < -0.3 is 18.8 Å². The summed E-state index contributed by atoms with van der Waals surface area (Å²) in [5.74, 6) is -0.925. The lowest BCUT2D eigenvalue weighted by Gasteiger charge is -2.06. The number of carbonyl (C=O) groups excluding carboxylic acids is 2. The van der Waals surface area contributed by atoms with Crippen LogP contribution in [-0.4, -0.2) is 43.4 Å². The maximum absolute atomic E-state index is 13.0. The topological polar surface area (TPSA) is 79.1 Å². The van der Waals surface area contributed by atoms with Gasteiger partial charge in [0.1, 0.15) is 11.6 Å². The van der Waals surface area contributed by atoms with E-state index in [9.17, 15) is 14.0 Å². The molecule has 3 aromatic rings. The number of hydrogen-bond acceptors (Lipinski definition) is 6. The van der Waals surface area contributed by atoms with Crippen LogP contribution in [0.15, 0.2) is 47.5 Å². The fourth-order valence-electron chi connectivity index (χ4n) is 2.73. The Morgan fingerprint density at radius 2 is 1.93 bits per heavy atom. The van der Waals surface area contributed by atoms with Gasteiger partial charge in [0.25, 0.3) is 5.91 Å². The minimum atomic E-state index is -0.482. The number of methoxy groups -OCH3 is 1. The lowest BCUT2D eigenvalue weighted by atomic mass is 10.2. The lowest BCUT2D eigenvalue weighted by molar-refractivity contribution is -0.120. The Hall–Kier alpha value is -3.04. The van der Waals surface area contributed by atoms with Gasteiger partial charge in [0.05, 0.1) is 29.5 Å². The van der Waals surface area contributed by atoms with Gasteiger partial charge in [-0.1, -0.05) is 11.3 Å². The molecule has 0 bridgehead atoms. The summed E-state index contributed by atoms with van der Waals surface area (Å²) in [4.78, 5) is 28.8. The van der Waals surface area contributed by atoms with Gasteiger partial charge in [0.2, 0.25) is 0 Å². The molecule has 0 atom stereocenters. The number of benzene rings is 2. The van der Waals surface area contributed by atoms with Crippen LogP contribution in [-0.2, 0) is 20.8 Å². The second-order valence-corrected chi connectivity index (χ2v) is 7.16. The SMILES string of the molecule is CCOCCn1c(=NC(=O)COc2ccc(F)cc2)sc2cc(C(=O)OC)ccc21. The quantitative estimate of drug-likeness (QED) is 0.404. The Bertz CT molecular complexity index is 1100. The molecule has 0 N–H and O–H groups in total. The van der Waals surface area contributed by atoms with Gasteiger partial charge in [0.15, 0.2) is 11.4 Å². The van der Waals surface area contributed by atoms with E-state index in [1.54, 1.807) is 18.2 Å². The zero-order valence-corrected chi connectivity index (χ0v) is 17.4. The molecule has 1 amide bonds. The minimum absolute atomic E-state index is 0.279. The van der Waals surface area contributed by atoms with Crippen LogP contribution in [0.5, 0.6) is 5.75 Å². The average Bonchev–Trinajstić information content (AvgIpc) is 3.09. The number of thiazole rings is 1. The molecule has 0 radical (unpaired) electrons. The highest BCUT2D eigenvalue weighted by molar-refractivity contribution is 7.16. The molecule has 0 aliphatic carbocycles. The van der Waals surface area contributed by atoms with Crippen molar-refractivity contribution in [1.82, 2.24) is 4.57 Å². The summed E-state index contributed by atoms with van der Waals surface area (Å²) in [6.45, 7) is 3.15. The van der Waals surface area contributed by atoms with Crippen LogP contribution in [0, 0.1) is 5.82 Å². The second-order valence-electron chi connectivity index (χ2n) is 6.16. The van der Waals surface area contributed by atoms with E-state index in [0.29, 0.717) is 35.9 Å². The summed E-state index contributed by atoms with van der Waals surface area (Å²) >= 11 is 1.28. The summed E-state index contributed by atoms with van der Waals surface area (Å²) in [5, 5.41) is 0. The molecule has 1 heterocycles. The summed E-state index contributed by atoms with van der Waals surface area (Å²) in [7, 11) is 1.32. The highest BCUT2D eigenvalue weighted by atomic mass is 32.1. The van der Waals surface area contributed by atoms with E-state index in [0.717, 1.165) is 10.2 Å². The first-order valence-electron chi connectivity index (χ1n) is 9.27. The molecule has 0 unspecified atom stereocenters. The van der Waals surface area contributed by atoms with Crippen LogP contribution in [0.2, 0.25) is 0 Å². The van der Waals surface area contributed by atoms with Crippen molar-refractivity contribution in [3.05, 3.63) is 58.6 Å². The van der Waals surface area contributed by atoms with E-state index in [2.05, 4.69) is 4.99 Å². The standard InChI is InChI=1S/C21H21FN2O5S/c1-3-28-11-10-24-17-9-4-14(20(26)27-2)12-18(17)30-21(24)23-19(25)13-29-16-7-5-15(22)6-8-16/h4-9,12H,3,10-11,13H2,1-2H3. The van der Waals surface area contributed by atoms with Gasteiger partial charge in [-0.05, 0) is 49.4 Å². The molecule has 9 heteroatoms. The molecule has 0 saturated carbocycles. The van der Waals surface area contributed by atoms with Crippen molar-refractivity contribution in [3.63, 3.8) is 0 Å². The third-order valence-corrected chi connectivity index (χ3v) is 5.20. The zero-order chi connectivity index (χ0) is 21.5. The predicted molar refractivity (Wildman–Crippen MR) is 110 cm³/mol. The van der Waals surface area contributed by atoms with E-state index in [-0.39, 0.29) is 12.4 Å². The Labute approximate surface area is 176 Å². The van der Waals surface area contributed by atoms with Crippen LogP contribution in [0.1, 0.15) is 17.3 Å². The summed E-state index contributed by atoms with van der Waals surface area (Å²) in [5.41, 5.74) is 1.25. The van der Waals surface area contributed by atoms with Gasteiger partial charge in [0, 0.05) is 13.2 Å². The van der Waals surface area contributed by atoms with Crippen molar-refractivity contribution >= 4 is 33.4 Å². The van der Waals surface area contributed by atoms with Gasteiger partial charge in [-0.25, -0.2) is 9.18 Å². The highest BCUT2D eigenvalue weighted by Gasteiger charge is 2.12. The van der Waals surface area contributed by atoms with Crippen molar-refractivity contribution in [2.75, 3.05) is 26.9 Å². The van der Waals surface area contributed by atoms with Gasteiger partial charge in [-0.2, -0.15) is 4.99 Å². The molecule has 1 aromatic heterocycles. The molecule has 3 rings (SSSR count). The molecule has 0 saturated heterocycles. The van der Waals surface area contributed by atoms with Crippen LogP contribution < -0.4 is 9.54 Å². The molecule has 0 spiro atoms. The Kier molecular flexibility index (Phi) is 7.31. The maximum Gasteiger partial charge on any atom is 0.337 e. The number of esters is 1. The Morgan fingerprint density at radius 3 is 2.63 bits per heavy atom. The number of carbonyl (C=O) groups is 2. The van der Waals surface area contributed by atoms with Crippen molar-refractivity contribution < 1.29 is 28.2 Å². The first kappa shape index (κ1) is 21.7. The summed E-state index contributed by atoms with van der Waals surface area (Å²) < 4.78 is 31.2. The van der Waals surface area contributed by atoms with Crippen LogP contribution >= 0.6 is 11.3 Å². The number of aromatic nitrogens is 1. The van der Waals surface area contributed by atoms with Gasteiger partial charge in [-0.3, -0.25) is 4.79 Å². The zero-order valence-electron chi connectivity index (χ0n) is 16.6. The molecule has 158 valence electrons. The Morgan fingerprint density at radius 1 is 1.17 bits per heavy atom. The highest BCUT2D eigenvalue weighted by Crippen LogP contribution is 2.20. The average molecular weight is 432 g/mol. The van der Waals surface area contributed by atoms with Crippen LogP contribution in [0.3, 0.4) is 0 Å². The van der Waals surface area contributed by atoms with E-state index >= 15 is 0 Å². The number of hydrogen-bond donors (Lipinski definition) is 0. The number of nitrogens with zero attached hydrogens (tertiary/aromatic N) is 2. The first-order valence-corrected chi connectivity index (χ1v) is 10.1. The largest absolute Gasteiger partial charge is 0.484 e. The molecule has 2 aromatic carbocycles. The number of fused-ring (bicyclic) bond motifs is 1. The number of halogens is 1. The van der Waals surface area contributed by atoms with Crippen molar-refractivity contribution in [1.29, 1.82) is 0 Å². The lowest BCUT2D eigenvalue weighted by Crippen LogP contribution is -2.21. The molecular weight excluding hydrogens is 411 g/mol. The molecule has 7 nitrogen and oxygen atoms in total. The first-order chi connectivity index (χ1) is 14.5. The predicted octanol–water partition coefficient (Wildman–Crippen LogP) is 3.17. The van der Waals surface area contributed by atoms with Gasteiger partial charge >= 0.3 is 5.97 Å².